The molecule has 1 fully saturated rings. The number of hydrogen-bond donors (Lipinski definition) is 1. The third-order valence-corrected chi connectivity index (χ3v) is 7.47. The first kappa shape index (κ1) is 27.2. The molecule has 5 rings (SSSR count). The Bertz CT molecular complexity index is 1160. The largest absolute Gasteiger partial charge is 0.489 e. The second-order valence-electron chi connectivity index (χ2n) is 11.0. The van der Waals surface area contributed by atoms with Crippen molar-refractivity contribution in [2.75, 3.05) is 46.9 Å². The van der Waals surface area contributed by atoms with E-state index >= 15 is 0 Å². The van der Waals surface area contributed by atoms with E-state index in [9.17, 15) is 4.79 Å². The number of hydrogen-bond acceptors (Lipinski definition) is 7. The highest BCUT2D eigenvalue weighted by molar-refractivity contribution is 5.78. The topological polar surface area (TPSA) is 75.6 Å². The summed E-state index contributed by atoms with van der Waals surface area (Å²) in [4.78, 5) is 21.1. The van der Waals surface area contributed by atoms with Crippen LogP contribution >= 0.6 is 0 Å². The van der Waals surface area contributed by atoms with Crippen molar-refractivity contribution in [3.63, 3.8) is 0 Å². The van der Waals surface area contributed by atoms with Gasteiger partial charge in [0.2, 0.25) is 5.91 Å². The maximum absolute atomic E-state index is 12.2. The molecule has 3 aliphatic rings. The second-order valence-corrected chi connectivity index (χ2v) is 11.0. The maximum atomic E-state index is 12.2. The number of ether oxygens (including phenoxy) is 3. The number of amides is 1. The van der Waals surface area contributed by atoms with Crippen molar-refractivity contribution in [3.8, 4) is 17.2 Å². The van der Waals surface area contributed by atoms with E-state index in [1.54, 1.807) is 0 Å². The van der Waals surface area contributed by atoms with E-state index in [0.717, 1.165) is 68.1 Å². The number of nitrogens with one attached hydrogen (secondary N) is 1. The highest BCUT2D eigenvalue weighted by atomic mass is 16.6. The summed E-state index contributed by atoms with van der Waals surface area (Å²) >= 11 is 0. The van der Waals surface area contributed by atoms with Crippen molar-refractivity contribution in [2.45, 2.75) is 50.5 Å². The van der Waals surface area contributed by atoms with Gasteiger partial charge in [-0.3, -0.25) is 14.7 Å². The first-order valence-electron chi connectivity index (χ1n) is 14.0. The number of carbonyl (C=O) groups excluding carboxylic acids is 1. The number of likely N-dealkylation sites (N-methyl/N-ethyl adjacent to an activating group) is 1. The molecule has 0 aromatic heterocycles. The molecule has 8 nitrogen and oxygen atoms in total. The summed E-state index contributed by atoms with van der Waals surface area (Å²) in [5.74, 6) is 2.35. The van der Waals surface area contributed by atoms with Crippen molar-refractivity contribution in [2.24, 2.45) is 4.99 Å². The Morgan fingerprint density at radius 3 is 2.64 bits per heavy atom. The Labute approximate surface area is 231 Å². The molecule has 1 atom stereocenters. The molecule has 0 spiro atoms. The van der Waals surface area contributed by atoms with Crippen molar-refractivity contribution >= 4 is 12.1 Å². The van der Waals surface area contributed by atoms with Gasteiger partial charge in [-0.2, -0.15) is 0 Å². The third kappa shape index (κ3) is 7.83. The van der Waals surface area contributed by atoms with Crippen LogP contribution in [0.1, 0.15) is 31.2 Å². The highest BCUT2D eigenvalue weighted by Crippen LogP contribution is 2.36. The Hall–Kier alpha value is -3.36. The molecule has 2 aromatic carbocycles. The fourth-order valence-electron chi connectivity index (χ4n) is 5.51. The quantitative estimate of drug-likeness (QED) is 0.476. The molecule has 1 N–H and O–H groups in total. The zero-order valence-corrected chi connectivity index (χ0v) is 23.1. The summed E-state index contributed by atoms with van der Waals surface area (Å²) in [6.07, 6.45) is 8.02. The SMILES string of the molecule is CN(C)CC(=O)NC1CCC(N(CC2=CC=NC2)C[C@@H]2COc3ccc(OCc4ccccc4)cc3O2)CC1. The maximum Gasteiger partial charge on any atom is 0.234 e. The van der Waals surface area contributed by atoms with Gasteiger partial charge >= 0.3 is 0 Å². The lowest BCUT2D eigenvalue weighted by Crippen LogP contribution is -2.49. The summed E-state index contributed by atoms with van der Waals surface area (Å²) in [6.45, 7) is 3.86. The molecular weight excluding hydrogens is 492 g/mol. The van der Waals surface area contributed by atoms with Gasteiger partial charge in [-0.25, -0.2) is 0 Å². The Morgan fingerprint density at radius 2 is 1.90 bits per heavy atom. The van der Waals surface area contributed by atoms with E-state index in [1.165, 1.54) is 5.57 Å². The average Bonchev–Trinajstić information content (AvgIpc) is 3.45. The standard InChI is InChI=1S/C31H40N4O4/c1-34(2)20-31(36)33-25-8-10-26(11-9-25)35(18-24-14-15-32-17-24)19-28-22-38-29-13-12-27(16-30(29)39-28)37-21-23-6-4-3-5-7-23/h3-7,12-16,25-26,28H,8-11,17-22H2,1-2H3,(H,33,36)/t25?,26?,28-/m1/s1. The average molecular weight is 533 g/mol. The first-order chi connectivity index (χ1) is 19.0. The second kappa shape index (κ2) is 13.1. The van der Waals surface area contributed by atoms with E-state index in [0.29, 0.717) is 25.8 Å². The van der Waals surface area contributed by atoms with Crippen LogP contribution < -0.4 is 19.5 Å². The number of fused-ring (bicyclic) bond motifs is 1. The number of carbonyl (C=O) groups is 1. The van der Waals surface area contributed by atoms with Gasteiger partial charge in [0.1, 0.15) is 25.1 Å². The number of nitrogens with zero attached hydrogens (tertiary/aromatic N) is 3. The zero-order chi connectivity index (χ0) is 27.0. The van der Waals surface area contributed by atoms with Crippen LogP contribution in [0.25, 0.3) is 0 Å². The molecular formula is C31H40N4O4. The molecule has 1 aliphatic carbocycles. The smallest absolute Gasteiger partial charge is 0.234 e. The Kier molecular flexibility index (Phi) is 9.16. The van der Waals surface area contributed by atoms with Gasteiger partial charge in [-0.05, 0) is 69.1 Å². The van der Waals surface area contributed by atoms with Crippen LogP contribution in [-0.2, 0) is 11.4 Å². The molecule has 208 valence electrons. The molecule has 1 amide bonds. The van der Waals surface area contributed by atoms with E-state index < -0.39 is 0 Å². The lowest BCUT2D eigenvalue weighted by molar-refractivity contribution is -0.122. The summed E-state index contributed by atoms with van der Waals surface area (Å²) in [7, 11) is 3.84. The molecule has 39 heavy (non-hydrogen) atoms. The molecule has 2 aliphatic heterocycles. The van der Waals surface area contributed by atoms with E-state index in [-0.39, 0.29) is 18.1 Å². The molecule has 2 aromatic rings. The van der Waals surface area contributed by atoms with Gasteiger partial charge in [-0.1, -0.05) is 30.3 Å². The zero-order valence-electron chi connectivity index (χ0n) is 23.1. The van der Waals surface area contributed by atoms with Crippen molar-refractivity contribution in [3.05, 3.63) is 65.7 Å². The minimum Gasteiger partial charge on any atom is -0.489 e. The van der Waals surface area contributed by atoms with Gasteiger partial charge in [-0.15, -0.1) is 0 Å². The van der Waals surface area contributed by atoms with Crippen LogP contribution in [0.2, 0.25) is 0 Å². The van der Waals surface area contributed by atoms with Gasteiger partial charge in [0.25, 0.3) is 0 Å². The van der Waals surface area contributed by atoms with Crippen LogP contribution in [0.15, 0.2) is 65.2 Å². The highest BCUT2D eigenvalue weighted by Gasteiger charge is 2.31. The Balaban J connectivity index is 1.18. The molecule has 0 bridgehead atoms. The van der Waals surface area contributed by atoms with Crippen LogP contribution in [0.5, 0.6) is 17.2 Å². The number of aliphatic imine (C=N–C) groups is 1. The number of rotatable bonds is 11. The van der Waals surface area contributed by atoms with E-state index in [2.05, 4.69) is 33.4 Å². The monoisotopic (exact) mass is 532 g/mol. The van der Waals surface area contributed by atoms with Crippen LogP contribution in [-0.4, -0.2) is 87.0 Å². The molecule has 2 heterocycles. The van der Waals surface area contributed by atoms with Crippen LogP contribution in [0.3, 0.4) is 0 Å². The lowest BCUT2D eigenvalue weighted by Gasteiger charge is -2.39. The van der Waals surface area contributed by atoms with Gasteiger partial charge < -0.3 is 24.4 Å². The van der Waals surface area contributed by atoms with Gasteiger partial charge in [0.05, 0.1) is 13.1 Å². The minimum absolute atomic E-state index is 0.0812. The molecule has 1 saturated carbocycles. The number of benzene rings is 2. The fourth-order valence-corrected chi connectivity index (χ4v) is 5.51. The van der Waals surface area contributed by atoms with Crippen molar-refractivity contribution in [1.82, 2.24) is 15.1 Å². The summed E-state index contributed by atoms with van der Waals surface area (Å²) < 4.78 is 18.6. The predicted molar refractivity (Wildman–Crippen MR) is 153 cm³/mol. The molecule has 0 radical (unpaired) electrons. The molecule has 0 saturated heterocycles. The molecule has 0 unspecified atom stereocenters. The van der Waals surface area contributed by atoms with E-state index in [4.69, 9.17) is 14.2 Å². The van der Waals surface area contributed by atoms with E-state index in [1.807, 2.05) is 61.6 Å². The third-order valence-electron chi connectivity index (χ3n) is 7.47. The fraction of sp³-hybridized carbons (Fsp3) is 0.484. The summed E-state index contributed by atoms with van der Waals surface area (Å²) in [5.41, 5.74) is 2.45. The summed E-state index contributed by atoms with van der Waals surface area (Å²) in [6, 6.07) is 16.6. The van der Waals surface area contributed by atoms with Crippen LogP contribution in [0.4, 0.5) is 0 Å². The van der Waals surface area contributed by atoms with Gasteiger partial charge in [0.15, 0.2) is 11.5 Å². The Morgan fingerprint density at radius 1 is 1.08 bits per heavy atom. The molecule has 8 heteroatoms. The van der Waals surface area contributed by atoms with Crippen molar-refractivity contribution < 1.29 is 19.0 Å². The van der Waals surface area contributed by atoms with Gasteiger partial charge in [0, 0.05) is 37.5 Å². The first-order valence-corrected chi connectivity index (χ1v) is 14.0. The number of allylic oxidation sites excluding steroid dienone is 1. The minimum atomic E-state index is -0.0812. The lowest BCUT2D eigenvalue weighted by atomic mass is 9.89. The van der Waals surface area contributed by atoms with Crippen molar-refractivity contribution in [1.29, 1.82) is 0 Å². The van der Waals surface area contributed by atoms with Crippen LogP contribution in [0, 0.1) is 0 Å². The predicted octanol–water partition coefficient (Wildman–Crippen LogP) is 3.71. The normalized spacial score (nSPS) is 22.2. The summed E-state index contributed by atoms with van der Waals surface area (Å²) in [5, 5.41) is 3.21.